The fourth-order valence-corrected chi connectivity index (χ4v) is 3.84. The van der Waals surface area contributed by atoms with Gasteiger partial charge in [-0.15, -0.1) is 0 Å². The van der Waals surface area contributed by atoms with Crippen LogP contribution in [0.1, 0.15) is 15.9 Å². The zero-order chi connectivity index (χ0) is 24.2. The second kappa shape index (κ2) is 10.0. The monoisotopic (exact) mass is 482 g/mol. The zero-order valence-electron chi connectivity index (χ0n) is 18.7. The van der Waals surface area contributed by atoms with E-state index in [1.165, 1.54) is 4.90 Å². The number of carboxylic acid groups (broad SMARTS) is 1. The lowest BCUT2D eigenvalue weighted by molar-refractivity contribution is 0.0700. The van der Waals surface area contributed by atoms with Gasteiger partial charge in [-0.3, -0.25) is 0 Å². The molecule has 0 saturated carbocycles. The smallest absolute Gasteiger partial charge is 0.414 e. The van der Waals surface area contributed by atoms with E-state index in [0.717, 1.165) is 0 Å². The summed E-state index contributed by atoms with van der Waals surface area (Å²) in [4.78, 5) is 25.6. The minimum atomic E-state index is -1.05. The molecule has 0 spiro atoms. The van der Waals surface area contributed by atoms with E-state index in [1.54, 1.807) is 79.3 Å². The molecule has 0 aliphatic rings. The number of hydrogen-bond acceptors (Lipinski definition) is 5. The Balaban J connectivity index is 1.64. The number of carbonyl (C=O) groups excluding carboxylic acids is 1. The molecule has 0 bridgehead atoms. The van der Waals surface area contributed by atoms with Gasteiger partial charge in [-0.1, -0.05) is 23.7 Å². The molecule has 2 heterocycles. The molecule has 9 heteroatoms. The number of hydrogen-bond donors (Lipinski definition) is 1. The third-order valence-electron chi connectivity index (χ3n) is 5.13. The Kier molecular flexibility index (Phi) is 6.90. The van der Waals surface area contributed by atoms with E-state index in [0.29, 0.717) is 38.5 Å². The molecule has 0 unspecified atom stereocenters. The molecular formula is C25H23ClN2O6. The fourth-order valence-electron chi connectivity index (χ4n) is 3.66. The van der Waals surface area contributed by atoms with Crippen LogP contribution in [0.25, 0.3) is 16.4 Å². The standard InChI is InChI=1S/C25H23ClN2O6/c1-27(2)25(31)34-19-12-16(15-32-10-11-33-18-7-5-6-17(26)13-18)22-21(14-19)28-9-4-3-8-20(28)23(22)24(29)30/h3-9,12-14H,10-11,15H2,1-2H3,(H,29,30). The summed E-state index contributed by atoms with van der Waals surface area (Å²) in [6, 6.07) is 15.7. The van der Waals surface area contributed by atoms with Crippen LogP contribution in [0, 0.1) is 0 Å². The van der Waals surface area contributed by atoms with E-state index in [1.807, 2.05) is 0 Å². The number of rotatable bonds is 8. The average molecular weight is 483 g/mol. The topological polar surface area (TPSA) is 89.7 Å². The van der Waals surface area contributed by atoms with Crippen LogP contribution in [0.2, 0.25) is 5.02 Å². The van der Waals surface area contributed by atoms with Crippen LogP contribution >= 0.6 is 11.6 Å². The van der Waals surface area contributed by atoms with E-state index in [-0.39, 0.29) is 25.4 Å². The van der Waals surface area contributed by atoms with Crippen molar-refractivity contribution in [1.29, 1.82) is 0 Å². The number of pyridine rings is 1. The fraction of sp³-hybridized carbons (Fsp3) is 0.200. The van der Waals surface area contributed by atoms with Crippen molar-refractivity contribution in [2.75, 3.05) is 27.3 Å². The van der Waals surface area contributed by atoms with Crippen molar-refractivity contribution in [2.24, 2.45) is 0 Å². The summed E-state index contributed by atoms with van der Waals surface area (Å²) < 4.78 is 18.7. The van der Waals surface area contributed by atoms with Gasteiger partial charge in [0.1, 0.15) is 18.1 Å². The molecule has 0 aliphatic carbocycles. The Bertz CT molecular complexity index is 1360. The van der Waals surface area contributed by atoms with Gasteiger partial charge in [-0.05, 0) is 42.0 Å². The number of fused-ring (bicyclic) bond motifs is 3. The van der Waals surface area contributed by atoms with Crippen LogP contribution in [0.4, 0.5) is 4.79 Å². The lowest BCUT2D eigenvalue weighted by atomic mass is 10.1. The van der Waals surface area contributed by atoms with Crippen molar-refractivity contribution in [2.45, 2.75) is 6.61 Å². The van der Waals surface area contributed by atoms with E-state index in [4.69, 9.17) is 25.8 Å². The van der Waals surface area contributed by atoms with Gasteiger partial charge in [0.15, 0.2) is 0 Å². The van der Waals surface area contributed by atoms with Crippen LogP contribution in [0.3, 0.4) is 0 Å². The first-order chi connectivity index (χ1) is 16.3. The highest BCUT2D eigenvalue weighted by atomic mass is 35.5. The first kappa shape index (κ1) is 23.4. The minimum absolute atomic E-state index is 0.0971. The Morgan fingerprint density at radius 1 is 1.00 bits per heavy atom. The molecule has 8 nitrogen and oxygen atoms in total. The summed E-state index contributed by atoms with van der Waals surface area (Å²) in [5.41, 5.74) is 1.88. The molecule has 176 valence electrons. The molecule has 4 aromatic rings. The van der Waals surface area contributed by atoms with Crippen LogP contribution in [0.15, 0.2) is 60.8 Å². The Labute approximate surface area is 200 Å². The molecule has 2 aromatic carbocycles. The second-order valence-corrected chi connectivity index (χ2v) is 8.17. The summed E-state index contributed by atoms with van der Waals surface area (Å²) in [6.45, 7) is 0.633. The molecule has 1 N–H and O–H groups in total. The number of benzene rings is 2. The molecule has 2 aromatic heterocycles. The van der Waals surface area contributed by atoms with Gasteiger partial charge in [-0.25, -0.2) is 9.59 Å². The highest BCUT2D eigenvalue weighted by Gasteiger charge is 2.22. The average Bonchev–Trinajstić information content (AvgIpc) is 3.13. The number of nitrogens with zero attached hydrogens (tertiary/aromatic N) is 2. The quantitative estimate of drug-likeness (QED) is 0.351. The first-order valence-corrected chi connectivity index (χ1v) is 10.9. The van der Waals surface area contributed by atoms with Crippen LogP contribution in [0.5, 0.6) is 11.5 Å². The van der Waals surface area contributed by atoms with Gasteiger partial charge >= 0.3 is 12.1 Å². The summed E-state index contributed by atoms with van der Waals surface area (Å²) in [7, 11) is 3.17. The van der Waals surface area contributed by atoms with Gasteiger partial charge in [0.2, 0.25) is 0 Å². The minimum Gasteiger partial charge on any atom is -0.491 e. The maximum Gasteiger partial charge on any atom is 0.414 e. The molecule has 4 rings (SSSR count). The summed E-state index contributed by atoms with van der Waals surface area (Å²) >= 11 is 5.96. The number of aromatic carboxylic acids is 1. The number of aromatic nitrogens is 1. The second-order valence-electron chi connectivity index (χ2n) is 7.73. The summed E-state index contributed by atoms with van der Waals surface area (Å²) in [6.07, 6.45) is 1.23. The third kappa shape index (κ3) is 4.93. The lowest BCUT2D eigenvalue weighted by Crippen LogP contribution is -2.25. The Morgan fingerprint density at radius 3 is 2.56 bits per heavy atom. The highest BCUT2D eigenvalue weighted by Crippen LogP contribution is 2.34. The van der Waals surface area contributed by atoms with Crippen molar-refractivity contribution in [3.63, 3.8) is 0 Å². The van der Waals surface area contributed by atoms with E-state index in [2.05, 4.69) is 0 Å². The van der Waals surface area contributed by atoms with E-state index in [9.17, 15) is 14.7 Å². The molecule has 0 radical (unpaired) electrons. The maximum atomic E-state index is 12.2. The van der Waals surface area contributed by atoms with E-state index < -0.39 is 12.1 Å². The van der Waals surface area contributed by atoms with Crippen LogP contribution in [-0.2, 0) is 11.3 Å². The van der Waals surface area contributed by atoms with Gasteiger partial charge in [0, 0.05) is 36.8 Å². The molecule has 1 amide bonds. The van der Waals surface area contributed by atoms with Gasteiger partial charge in [0.25, 0.3) is 0 Å². The highest BCUT2D eigenvalue weighted by molar-refractivity contribution is 6.30. The number of carbonyl (C=O) groups is 2. The largest absolute Gasteiger partial charge is 0.491 e. The van der Waals surface area contributed by atoms with Crippen LogP contribution in [-0.4, -0.2) is 53.8 Å². The van der Waals surface area contributed by atoms with Gasteiger partial charge < -0.3 is 28.6 Å². The van der Waals surface area contributed by atoms with Crippen molar-refractivity contribution in [3.8, 4) is 11.5 Å². The summed E-state index contributed by atoms with van der Waals surface area (Å²) in [5, 5.41) is 11.1. The number of amides is 1. The van der Waals surface area contributed by atoms with Crippen molar-refractivity contribution >= 4 is 40.1 Å². The lowest BCUT2D eigenvalue weighted by Gasteiger charge is -2.13. The SMILES string of the molecule is CN(C)C(=O)Oc1cc(COCCOc2cccc(Cl)c2)c2c(C(=O)O)c3ccccn3c2c1. The third-order valence-corrected chi connectivity index (χ3v) is 5.37. The number of carboxylic acids is 1. The zero-order valence-corrected chi connectivity index (χ0v) is 19.4. The van der Waals surface area contributed by atoms with Crippen molar-refractivity contribution in [1.82, 2.24) is 9.30 Å². The van der Waals surface area contributed by atoms with Crippen molar-refractivity contribution < 1.29 is 28.9 Å². The summed E-state index contributed by atoms with van der Waals surface area (Å²) in [5.74, 6) is -0.134. The number of ether oxygens (including phenoxy) is 3. The molecule has 0 atom stereocenters. The number of halogens is 1. The Hall–Kier alpha value is -3.75. The Morgan fingerprint density at radius 2 is 1.82 bits per heavy atom. The molecule has 0 aliphatic heterocycles. The normalized spacial score (nSPS) is 11.0. The predicted octanol–water partition coefficient (Wildman–Crippen LogP) is 5.10. The predicted molar refractivity (Wildman–Crippen MR) is 128 cm³/mol. The van der Waals surface area contributed by atoms with E-state index >= 15 is 0 Å². The van der Waals surface area contributed by atoms with Crippen molar-refractivity contribution in [3.05, 3.63) is 76.9 Å². The molecule has 0 fully saturated rings. The first-order valence-electron chi connectivity index (χ1n) is 10.5. The maximum absolute atomic E-state index is 12.2. The van der Waals surface area contributed by atoms with Gasteiger partial charge in [-0.2, -0.15) is 0 Å². The molecular weight excluding hydrogens is 460 g/mol. The van der Waals surface area contributed by atoms with Gasteiger partial charge in [0.05, 0.1) is 29.8 Å². The molecule has 0 saturated heterocycles. The van der Waals surface area contributed by atoms with Crippen LogP contribution < -0.4 is 9.47 Å². The molecule has 34 heavy (non-hydrogen) atoms.